The first kappa shape index (κ1) is 44.2. The lowest BCUT2D eigenvalue weighted by molar-refractivity contribution is -0.228. The van der Waals surface area contributed by atoms with Crippen LogP contribution in [-0.2, 0) is 41.1 Å². The number of para-hydroxylation sites is 2. The summed E-state index contributed by atoms with van der Waals surface area (Å²) in [5.41, 5.74) is 1.82. The SMILES string of the molecule is CCC1=C[C@@H]2CN(CCc3c([nH]c4ccccc34)[C@@](C(=O)OC)(c3cc4c(cc3OC)N(C)[C@H]3C(O)(COC(=O)c5ccccc5OC)[C@H](OC(C)=O)[C@]5(CC)C=CCN6CC[C@]43[C@@H]65)C2)C1. The molecular weight excluding hydrogens is 837 g/mol. The summed E-state index contributed by atoms with van der Waals surface area (Å²) in [6, 6.07) is 18.3. The zero-order valence-electron chi connectivity index (χ0n) is 39.1. The lowest BCUT2D eigenvalue weighted by Crippen LogP contribution is -2.80. The average molecular weight is 899 g/mol. The Bertz CT molecular complexity index is 2670. The third-order valence-corrected chi connectivity index (χ3v) is 16.4. The number of nitrogens with one attached hydrogen (secondary N) is 1. The van der Waals surface area contributed by atoms with Crippen molar-refractivity contribution in [1.29, 1.82) is 0 Å². The van der Waals surface area contributed by atoms with Gasteiger partial charge in [0.15, 0.2) is 5.60 Å². The Kier molecular flexibility index (Phi) is 10.9. The fourth-order valence-corrected chi connectivity index (χ4v) is 14.0. The number of aromatic nitrogens is 1. The second-order valence-electron chi connectivity index (χ2n) is 19.4. The number of hydrogen-bond acceptors (Lipinski definition) is 12. The second-order valence-corrected chi connectivity index (χ2v) is 19.4. The van der Waals surface area contributed by atoms with Crippen molar-refractivity contribution >= 4 is 34.5 Å². The third kappa shape index (κ3) is 6.18. The Morgan fingerprint density at radius 3 is 2.45 bits per heavy atom. The monoisotopic (exact) mass is 898 g/mol. The van der Waals surface area contributed by atoms with Gasteiger partial charge < -0.3 is 38.7 Å². The number of ether oxygens (including phenoxy) is 5. The number of aliphatic hydroxyl groups is 1. The summed E-state index contributed by atoms with van der Waals surface area (Å²) in [6.45, 7) is 9.06. The van der Waals surface area contributed by atoms with Gasteiger partial charge in [-0.3, -0.25) is 19.4 Å². The van der Waals surface area contributed by atoms with Crippen LogP contribution in [0.1, 0.15) is 79.2 Å². The molecule has 4 aromatic rings. The molecule has 0 radical (unpaired) electrons. The Balaban J connectivity index is 1.23. The van der Waals surface area contributed by atoms with Crippen LogP contribution in [0.4, 0.5) is 5.69 Å². The minimum absolute atomic E-state index is 0.0112. The van der Waals surface area contributed by atoms with Crippen LogP contribution in [0.2, 0.25) is 0 Å². The van der Waals surface area contributed by atoms with E-state index in [1.165, 1.54) is 26.7 Å². The number of likely N-dealkylation sites (N-methyl/N-ethyl adjacent to an activating group) is 1. The zero-order valence-corrected chi connectivity index (χ0v) is 39.1. The van der Waals surface area contributed by atoms with Crippen molar-refractivity contribution < 1.29 is 43.2 Å². The van der Waals surface area contributed by atoms with E-state index in [1.54, 1.807) is 31.4 Å². The van der Waals surface area contributed by atoms with Gasteiger partial charge >= 0.3 is 17.9 Å². The number of rotatable bonds is 10. The summed E-state index contributed by atoms with van der Waals surface area (Å²) in [7, 11) is 6.56. The lowest BCUT2D eigenvalue weighted by atomic mass is 9.47. The van der Waals surface area contributed by atoms with Gasteiger partial charge in [0.25, 0.3) is 0 Å². The quantitative estimate of drug-likeness (QED) is 0.102. The maximum atomic E-state index is 15.5. The van der Waals surface area contributed by atoms with E-state index in [9.17, 15) is 14.7 Å². The summed E-state index contributed by atoms with van der Waals surface area (Å²) in [5.74, 6) is -0.731. The van der Waals surface area contributed by atoms with Gasteiger partial charge in [0.2, 0.25) is 0 Å². The van der Waals surface area contributed by atoms with E-state index in [0.29, 0.717) is 49.4 Å². The van der Waals surface area contributed by atoms with E-state index in [0.717, 1.165) is 65.9 Å². The molecule has 13 heteroatoms. The zero-order chi connectivity index (χ0) is 46.3. The molecule has 1 saturated heterocycles. The third-order valence-electron chi connectivity index (χ3n) is 16.4. The molecule has 1 saturated carbocycles. The summed E-state index contributed by atoms with van der Waals surface area (Å²) < 4.78 is 30.7. The highest BCUT2D eigenvalue weighted by atomic mass is 16.6. The number of methoxy groups -OCH3 is 3. The number of H-pyrrole nitrogens is 1. The van der Waals surface area contributed by atoms with Crippen LogP contribution < -0.4 is 14.4 Å². The highest BCUT2D eigenvalue weighted by Gasteiger charge is 2.78. The maximum absolute atomic E-state index is 15.5. The van der Waals surface area contributed by atoms with Gasteiger partial charge in [-0.25, -0.2) is 4.79 Å². The predicted molar refractivity (Wildman–Crippen MR) is 250 cm³/mol. The van der Waals surface area contributed by atoms with E-state index in [4.69, 9.17) is 23.7 Å². The average Bonchev–Trinajstić information content (AvgIpc) is 4.00. The van der Waals surface area contributed by atoms with Gasteiger partial charge in [-0.1, -0.05) is 68.0 Å². The molecule has 2 fully saturated rings. The van der Waals surface area contributed by atoms with Gasteiger partial charge in [0.1, 0.15) is 35.2 Å². The molecule has 5 aliphatic heterocycles. The van der Waals surface area contributed by atoms with E-state index < -0.39 is 52.5 Å². The van der Waals surface area contributed by atoms with Crippen LogP contribution in [0.3, 0.4) is 0 Å². The molecule has 10 rings (SSSR count). The number of carbonyl (C=O) groups is 3. The first-order chi connectivity index (χ1) is 31.8. The van der Waals surface area contributed by atoms with Gasteiger partial charge in [-0.2, -0.15) is 0 Å². The lowest BCUT2D eigenvalue weighted by Gasteiger charge is -2.64. The molecule has 348 valence electrons. The smallest absolute Gasteiger partial charge is 0.342 e. The Hall–Kier alpha value is -5.63. The molecule has 0 amide bonds. The number of esters is 3. The van der Waals surface area contributed by atoms with Crippen molar-refractivity contribution in [1.82, 2.24) is 14.8 Å². The minimum Gasteiger partial charge on any atom is -0.496 e. The summed E-state index contributed by atoms with van der Waals surface area (Å²) >= 11 is 0. The molecule has 2 bridgehead atoms. The van der Waals surface area contributed by atoms with Crippen molar-refractivity contribution in [3.05, 3.63) is 112 Å². The van der Waals surface area contributed by atoms with Gasteiger partial charge in [-0.15, -0.1) is 0 Å². The minimum atomic E-state index is -1.95. The number of anilines is 1. The number of aromatic amines is 1. The summed E-state index contributed by atoms with van der Waals surface area (Å²) in [4.78, 5) is 53.8. The number of hydrogen-bond donors (Lipinski definition) is 2. The fraction of sp³-hybridized carbons (Fsp3) is 0.491. The molecule has 2 N–H and O–H groups in total. The van der Waals surface area contributed by atoms with Crippen LogP contribution in [0.15, 0.2) is 84.5 Å². The summed E-state index contributed by atoms with van der Waals surface area (Å²) in [5, 5.41) is 15.0. The topological polar surface area (TPSA) is 143 Å². The van der Waals surface area contributed by atoms with Crippen molar-refractivity contribution in [2.75, 3.05) is 72.6 Å². The Labute approximate surface area is 386 Å². The Morgan fingerprint density at radius 1 is 0.939 bits per heavy atom. The normalized spacial score (nSPS) is 31.8. The first-order valence-corrected chi connectivity index (χ1v) is 23.5. The van der Waals surface area contributed by atoms with Crippen LogP contribution in [0.5, 0.6) is 11.5 Å². The van der Waals surface area contributed by atoms with Crippen molar-refractivity contribution in [3.8, 4) is 11.5 Å². The fourth-order valence-electron chi connectivity index (χ4n) is 14.0. The highest BCUT2D eigenvalue weighted by Crippen LogP contribution is 2.68. The largest absolute Gasteiger partial charge is 0.496 e. The molecule has 9 atom stereocenters. The van der Waals surface area contributed by atoms with E-state index in [2.05, 4.69) is 76.0 Å². The van der Waals surface area contributed by atoms with E-state index in [-0.39, 0.29) is 23.5 Å². The van der Waals surface area contributed by atoms with Crippen LogP contribution in [0, 0.1) is 11.3 Å². The molecule has 1 spiro atoms. The molecular formula is C53H62N4O9. The van der Waals surface area contributed by atoms with Crippen molar-refractivity contribution in [3.63, 3.8) is 0 Å². The number of nitrogens with zero attached hydrogens (tertiary/aromatic N) is 3. The molecule has 1 aromatic heterocycles. The molecule has 6 heterocycles. The molecule has 1 aliphatic carbocycles. The van der Waals surface area contributed by atoms with Gasteiger partial charge in [-0.05, 0) is 80.0 Å². The standard InChI is InChI=1S/C53H62N4O9/c1-8-33-25-34-28-52(49(60)64-7,44-36(19-23-56(29-33)30-34)35-15-10-12-17-40(35)54-44)39-26-38-41(27-43(39)63-6)55(4)47-51(38)21-24-57-22-14-20-50(9-2,46(51)57)48(66-32(3)58)53(47,61)31-65-45(59)37-16-11-13-18-42(37)62-5/h10-18,20,25-27,34,46-48,54,61H,8-9,19,21-24,28-31H2,1-7H3/t34-,46-,47+,48+,50+,51+,52-,53?/m0/s1. The van der Waals surface area contributed by atoms with Gasteiger partial charge in [0.05, 0.1) is 27.4 Å². The number of carbonyl (C=O) groups excluding carboxylic acids is 3. The molecule has 6 aliphatic rings. The van der Waals surface area contributed by atoms with E-state index in [1.807, 2.05) is 19.2 Å². The van der Waals surface area contributed by atoms with Crippen molar-refractivity contribution in [2.45, 2.75) is 87.5 Å². The van der Waals surface area contributed by atoms with Crippen molar-refractivity contribution in [2.24, 2.45) is 11.3 Å². The van der Waals surface area contributed by atoms with Gasteiger partial charge in [0, 0.05) is 90.9 Å². The summed E-state index contributed by atoms with van der Waals surface area (Å²) in [6.07, 6.45) is 8.73. The molecule has 66 heavy (non-hydrogen) atoms. The number of benzene rings is 3. The Morgan fingerprint density at radius 2 is 1.71 bits per heavy atom. The highest BCUT2D eigenvalue weighted by molar-refractivity contribution is 5.95. The molecule has 13 nitrogen and oxygen atoms in total. The molecule has 2 unspecified atom stereocenters. The first-order valence-electron chi connectivity index (χ1n) is 23.5. The predicted octanol–water partition coefficient (Wildman–Crippen LogP) is 6.49. The maximum Gasteiger partial charge on any atom is 0.342 e. The molecule has 3 aromatic carbocycles. The van der Waals surface area contributed by atoms with Crippen LogP contribution in [-0.4, -0.2) is 129 Å². The second kappa shape index (κ2) is 16.3. The van der Waals surface area contributed by atoms with Crippen LogP contribution >= 0.6 is 0 Å². The van der Waals surface area contributed by atoms with E-state index >= 15 is 4.79 Å². The van der Waals surface area contributed by atoms with Crippen LogP contribution in [0.25, 0.3) is 10.9 Å². The number of fused-ring (bicyclic) bond motifs is 6.